The van der Waals surface area contributed by atoms with Crippen molar-refractivity contribution >= 4 is 91.8 Å². The molecule has 15 rings (SSSR count). The first-order chi connectivity index (χ1) is 71.3. The number of nitrogens with one attached hydrogen (secondary N) is 7. The molecule has 25 nitrogen and oxygen atoms in total. The third kappa shape index (κ3) is 41.3. The third-order valence-electron chi connectivity index (χ3n) is 23.9. The fourth-order valence-corrected chi connectivity index (χ4v) is 16.1. The average molecular weight is 2040 g/mol. The van der Waals surface area contributed by atoms with Crippen LogP contribution in [0.4, 0.5) is 49.4 Å². The summed E-state index contributed by atoms with van der Waals surface area (Å²) in [6.45, 7) is 15.7. The van der Waals surface area contributed by atoms with E-state index in [1.54, 1.807) is 48.5 Å². The fourth-order valence-electron chi connectivity index (χ4n) is 16.1. The van der Waals surface area contributed by atoms with Gasteiger partial charge in [-0.3, -0.25) is 14.6 Å². The Hall–Kier alpha value is -16.2. The van der Waals surface area contributed by atoms with E-state index in [-0.39, 0.29) is 60.7 Å². The van der Waals surface area contributed by atoms with E-state index in [1.807, 2.05) is 239 Å². The van der Waals surface area contributed by atoms with Gasteiger partial charge < -0.3 is 82.1 Å². The molecule has 0 heterocycles. The Kier molecular flexibility index (Phi) is 45.8. The zero-order valence-corrected chi connectivity index (χ0v) is 87.9. The minimum atomic E-state index is -3.92. The highest BCUT2D eigenvalue weighted by Gasteiger charge is 2.21. The Bertz CT molecular complexity index is 6190. The van der Waals surface area contributed by atoms with E-state index in [0.29, 0.717) is 59.5 Å². The van der Waals surface area contributed by atoms with Crippen LogP contribution in [0.1, 0.15) is 130 Å². The zero-order valence-electron chi connectivity index (χ0n) is 86.4. The van der Waals surface area contributed by atoms with Gasteiger partial charge in [-0.1, -0.05) is 265 Å². The van der Waals surface area contributed by atoms with Crippen LogP contribution < -0.4 is 58.6 Å². The largest absolute Gasteiger partial charge is 1.00 e. The molecule has 27 heteroatoms. The first kappa shape index (κ1) is 115. The van der Waals surface area contributed by atoms with Gasteiger partial charge in [0, 0.05) is 147 Å². The minimum Gasteiger partial charge on any atom is -1.00 e. The molecular formula is C122H132ClN11O14S. The molecule has 0 aliphatic rings. The number of benzene rings is 15. The SMILES string of the molecule is CN(C)c1ccc(CN(Cc2ccccc2)Cc2ccc(N(C)C)cc2)cc1.COC(=O)c1ccc(C[NH+](Cc2ccccc2)Cc2ccc(C(=O)OC)cc2)cc1.COC(=O)c1ccc(C[NH+](Cc2ccccc2)Cc2ccc(C(=O)OC)cc2)cc1.CS(=O)(=O)[O-].Cc1ccc(NC(=O)Cc2ccc(CN(Cc3ccc(NC(=O)Nc4ccc(C)cc4)cc3)Cc3ccc(NC(=O)Nc4ccc(C)cc4)cc3)cc2)cc1.[Cl-]. The molecule has 7 N–H and O–H groups in total. The number of carbonyl (C=O) groups excluding carboxylic acids is 7. The van der Waals surface area contributed by atoms with Gasteiger partial charge in [0.25, 0.3) is 0 Å². The van der Waals surface area contributed by atoms with E-state index in [2.05, 4.69) is 190 Å². The molecule has 0 aromatic heterocycles. The maximum atomic E-state index is 12.7. The number of urea groups is 2. The van der Waals surface area contributed by atoms with Crippen molar-refractivity contribution in [2.75, 3.05) is 99.3 Å². The van der Waals surface area contributed by atoms with Gasteiger partial charge in [0.15, 0.2) is 0 Å². The van der Waals surface area contributed by atoms with Crippen LogP contribution in [0.25, 0.3) is 0 Å². The van der Waals surface area contributed by atoms with Crippen LogP contribution in [0.15, 0.2) is 382 Å². The Balaban J connectivity index is 0.000000209. The number of rotatable bonds is 37. The molecule has 0 unspecified atom stereocenters. The lowest BCUT2D eigenvalue weighted by Crippen LogP contribution is -3.08. The second-order valence-electron chi connectivity index (χ2n) is 36.6. The Morgan fingerprint density at radius 3 is 0.671 bits per heavy atom. The minimum absolute atomic E-state index is 0. The number of hydrogen-bond donors (Lipinski definition) is 7. The summed E-state index contributed by atoms with van der Waals surface area (Å²) < 4.78 is 46.3. The number of aryl methyl sites for hydroxylation is 3. The van der Waals surface area contributed by atoms with Gasteiger partial charge in [0.2, 0.25) is 5.91 Å². The van der Waals surface area contributed by atoms with Crippen LogP contribution in [0, 0.1) is 20.8 Å². The van der Waals surface area contributed by atoms with Crippen molar-refractivity contribution < 1.29 is 87.7 Å². The maximum Gasteiger partial charge on any atom is 0.337 e. The quantitative estimate of drug-likeness (QED) is 0.0108. The van der Waals surface area contributed by atoms with Crippen molar-refractivity contribution in [1.82, 2.24) is 9.80 Å². The number of amides is 5. The van der Waals surface area contributed by atoms with Gasteiger partial charge in [0.05, 0.1) is 67.2 Å². The molecule has 0 atom stereocenters. The van der Waals surface area contributed by atoms with Crippen molar-refractivity contribution in [2.45, 2.75) is 106 Å². The molecule has 0 aliphatic carbocycles. The predicted molar refractivity (Wildman–Crippen MR) is 588 cm³/mol. The molecule has 0 bridgehead atoms. The Morgan fingerprint density at radius 1 is 0.262 bits per heavy atom. The van der Waals surface area contributed by atoms with Gasteiger partial charge in [-0.05, 0) is 193 Å². The lowest BCUT2D eigenvalue weighted by Gasteiger charge is -2.24. The number of ether oxygens (including phenoxy) is 4. The molecular weight excluding hydrogens is 1910 g/mol. The van der Waals surface area contributed by atoms with Crippen LogP contribution in [0.5, 0.6) is 0 Å². The molecule has 0 fully saturated rings. The zero-order chi connectivity index (χ0) is 106. The Morgan fingerprint density at radius 2 is 0.443 bits per heavy atom. The molecule has 772 valence electrons. The van der Waals surface area contributed by atoms with E-state index in [0.717, 1.165) is 137 Å². The van der Waals surface area contributed by atoms with E-state index in [9.17, 15) is 33.6 Å². The van der Waals surface area contributed by atoms with Gasteiger partial charge in [-0.25, -0.2) is 37.2 Å². The van der Waals surface area contributed by atoms with Gasteiger partial charge in [-0.15, -0.1) is 0 Å². The van der Waals surface area contributed by atoms with Crippen molar-refractivity contribution in [3.63, 3.8) is 0 Å². The van der Waals surface area contributed by atoms with Crippen LogP contribution in [0.2, 0.25) is 0 Å². The second kappa shape index (κ2) is 59.4. The van der Waals surface area contributed by atoms with E-state index >= 15 is 0 Å². The van der Waals surface area contributed by atoms with Gasteiger partial charge in [-0.2, -0.15) is 0 Å². The number of methoxy groups -OCH3 is 4. The Labute approximate surface area is 882 Å². The number of quaternary nitrogens is 2. The summed E-state index contributed by atoms with van der Waals surface area (Å²) in [6.07, 6.45) is 0.887. The number of nitrogens with zero attached hydrogens (tertiary/aromatic N) is 4. The highest BCUT2D eigenvalue weighted by molar-refractivity contribution is 7.84. The summed E-state index contributed by atoms with van der Waals surface area (Å²) in [5.74, 6) is -1.39. The lowest BCUT2D eigenvalue weighted by atomic mass is 10.1. The highest BCUT2D eigenvalue weighted by atomic mass is 35.5. The van der Waals surface area contributed by atoms with Crippen LogP contribution in [-0.4, -0.2) is 128 Å². The number of esters is 4. The summed E-state index contributed by atoms with van der Waals surface area (Å²) in [5, 5.41) is 14.5. The molecule has 15 aromatic rings. The van der Waals surface area contributed by atoms with Crippen LogP contribution in [-0.2, 0) is 119 Å². The van der Waals surface area contributed by atoms with Crippen LogP contribution in [0.3, 0.4) is 0 Å². The first-order valence-corrected chi connectivity index (χ1v) is 50.4. The van der Waals surface area contributed by atoms with Crippen molar-refractivity contribution in [3.05, 3.63) is 493 Å². The lowest BCUT2D eigenvalue weighted by molar-refractivity contribution is -0.941. The number of halogens is 1. The third-order valence-corrected chi connectivity index (χ3v) is 23.9. The standard InChI is InChI=1S/C46H46N6O3.C25H31N3.2C25H25NO4.CH4O3S.ClH/c1-32-4-18-39(19-5-32)47-44(53)28-35-10-12-36(13-11-35)29-52(30-37-14-24-42(25-15-37)50-45(54)48-40-20-6-33(2)7-21-40)31-38-16-26-43(27-17-38)51-46(55)49-41-22-8-34(3)9-23-41;1-26(2)24-14-10-22(11-15-24)19-28(18-21-8-6-5-7-9-21)20-23-12-16-25(17-13-23)27(3)4;2*1-29-24(27)22-12-8-20(9-13-22)17-26(16-19-6-4-3-5-7-19)18-21-10-14-23(15-11-21)25(28)30-2;1-5(2,3)4;/h4-27H,28-31H2,1-3H3,(H,47,53)(H2,48,50,54)(H2,49,51,55);5-17H,18-20H2,1-4H3;2*3-15H,16-18H2,1-2H3;1H3,(H,2,3,4);1H. The van der Waals surface area contributed by atoms with Crippen molar-refractivity contribution in [2.24, 2.45) is 0 Å². The number of carbonyl (C=O) groups is 7. The van der Waals surface area contributed by atoms with Crippen molar-refractivity contribution in [3.8, 4) is 0 Å². The van der Waals surface area contributed by atoms with E-state index in [1.165, 1.54) is 77.4 Å². The fraction of sp³-hybridized carbons (Fsp3) is 0.205. The maximum absolute atomic E-state index is 12.7. The summed E-state index contributed by atoms with van der Waals surface area (Å²) in [7, 11) is 9.92. The van der Waals surface area contributed by atoms with E-state index < -0.39 is 10.1 Å². The average Bonchev–Trinajstić information content (AvgIpc) is 0.861. The smallest absolute Gasteiger partial charge is 0.337 e. The second-order valence-corrected chi connectivity index (χ2v) is 38.0. The molecule has 149 heavy (non-hydrogen) atoms. The van der Waals surface area contributed by atoms with E-state index in [4.69, 9.17) is 31.9 Å². The first-order valence-electron chi connectivity index (χ1n) is 48.6. The summed E-state index contributed by atoms with van der Waals surface area (Å²) >= 11 is 0. The predicted octanol–water partition coefficient (Wildman–Crippen LogP) is 17.6. The summed E-state index contributed by atoms with van der Waals surface area (Å²) in [5.41, 5.74) is 27.0. The normalized spacial score (nSPS) is 10.7. The molecule has 0 saturated carbocycles. The topological polar surface area (TPSA) is 296 Å². The molecule has 0 spiro atoms. The number of hydrogen-bond acceptors (Lipinski definition) is 18. The summed E-state index contributed by atoms with van der Waals surface area (Å²) in [6, 6.07) is 126. The summed E-state index contributed by atoms with van der Waals surface area (Å²) in [4.78, 5) is 96.4. The molecule has 15 aromatic carbocycles. The number of anilines is 7. The molecule has 5 amide bonds. The van der Waals surface area contributed by atoms with Crippen LogP contribution >= 0.6 is 0 Å². The van der Waals surface area contributed by atoms with Gasteiger partial charge >= 0.3 is 35.9 Å². The molecule has 0 aliphatic heterocycles. The highest BCUT2D eigenvalue weighted by Crippen LogP contribution is 2.25. The molecule has 0 radical (unpaired) electrons. The molecule has 0 saturated heterocycles. The monoisotopic (exact) mass is 2040 g/mol. The van der Waals surface area contributed by atoms with Gasteiger partial charge in [0.1, 0.15) is 39.3 Å². The van der Waals surface area contributed by atoms with Crippen molar-refractivity contribution in [1.29, 1.82) is 0 Å².